The summed E-state index contributed by atoms with van der Waals surface area (Å²) in [4.78, 5) is 12.2. The lowest BCUT2D eigenvalue weighted by molar-refractivity contribution is -0.116. The van der Waals surface area contributed by atoms with Gasteiger partial charge in [-0.2, -0.15) is 8.78 Å². The molecule has 0 heterocycles. The van der Waals surface area contributed by atoms with Crippen LogP contribution in [0.1, 0.15) is 6.42 Å². The number of rotatable bonds is 7. The van der Waals surface area contributed by atoms with Crippen molar-refractivity contribution in [2.45, 2.75) is 17.1 Å². The van der Waals surface area contributed by atoms with Gasteiger partial charge in [0.05, 0.1) is 18.1 Å². The molecule has 2 aromatic carbocycles. The van der Waals surface area contributed by atoms with Gasteiger partial charge in [0.2, 0.25) is 5.91 Å². The lowest BCUT2D eigenvalue weighted by Gasteiger charge is -2.09. The molecule has 0 aliphatic carbocycles. The molecule has 7 heteroatoms. The van der Waals surface area contributed by atoms with E-state index in [-0.39, 0.29) is 18.9 Å². The number of nitrogens with one attached hydrogen (secondary N) is 1. The Morgan fingerprint density at radius 3 is 2.74 bits per heavy atom. The second-order valence-electron chi connectivity index (χ2n) is 4.48. The Morgan fingerprint density at radius 2 is 2.00 bits per heavy atom. The molecule has 0 atom stereocenters. The molecule has 0 unspecified atom stereocenters. The molecule has 0 saturated carbocycles. The molecule has 2 rings (SSSR count). The third kappa shape index (κ3) is 6.08. The Labute approximate surface area is 142 Å². The Balaban J connectivity index is 1.82. The quantitative estimate of drug-likeness (QED) is 0.704. The lowest BCUT2D eigenvalue weighted by atomic mass is 10.3. The normalized spacial score (nSPS) is 10.6. The maximum absolute atomic E-state index is 12.3. The van der Waals surface area contributed by atoms with Crippen molar-refractivity contribution in [1.29, 1.82) is 0 Å². The van der Waals surface area contributed by atoms with E-state index in [0.717, 1.165) is 0 Å². The number of benzene rings is 2. The lowest BCUT2D eigenvalue weighted by Crippen LogP contribution is -2.15. The average Bonchev–Trinajstić information content (AvgIpc) is 2.49. The zero-order valence-corrected chi connectivity index (χ0v) is 13.5. The standard InChI is InChI=1S/C16H14ClF2NO2S/c17-13-6-1-2-7-14(13)22-9-8-15(21)20-11-4-3-5-12(10-11)23-16(18)19/h1-7,10,16H,8-9H2,(H,20,21). The predicted molar refractivity (Wildman–Crippen MR) is 88.5 cm³/mol. The highest BCUT2D eigenvalue weighted by Gasteiger charge is 2.08. The second-order valence-corrected chi connectivity index (χ2v) is 5.95. The third-order valence-corrected chi connectivity index (χ3v) is 3.78. The van der Waals surface area contributed by atoms with Crippen molar-refractivity contribution in [2.24, 2.45) is 0 Å². The van der Waals surface area contributed by atoms with E-state index in [4.69, 9.17) is 16.3 Å². The first-order valence-electron chi connectivity index (χ1n) is 6.76. The van der Waals surface area contributed by atoms with E-state index in [1.54, 1.807) is 42.5 Å². The zero-order chi connectivity index (χ0) is 16.7. The first-order chi connectivity index (χ1) is 11.0. The van der Waals surface area contributed by atoms with E-state index in [0.29, 0.717) is 33.1 Å². The summed E-state index contributed by atoms with van der Waals surface area (Å²) in [5, 5.41) is 3.12. The summed E-state index contributed by atoms with van der Waals surface area (Å²) in [5.41, 5.74) is 0.471. The topological polar surface area (TPSA) is 38.3 Å². The van der Waals surface area contributed by atoms with Crippen LogP contribution in [0.5, 0.6) is 5.75 Å². The SMILES string of the molecule is O=C(CCOc1ccccc1Cl)Nc1cccc(SC(F)F)c1. The summed E-state index contributed by atoms with van der Waals surface area (Å²) in [6, 6.07) is 13.3. The average molecular weight is 358 g/mol. The Kier molecular flexibility index (Phi) is 6.67. The van der Waals surface area contributed by atoms with Gasteiger partial charge in [-0.15, -0.1) is 0 Å². The first-order valence-corrected chi connectivity index (χ1v) is 8.02. The molecule has 0 fully saturated rings. The van der Waals surface area contributed by atoms with E-state index in [1.165, 1.54) is 6.07 Å². The van der Waals surface area contributed by atoms with E-state index >= 15 is 0 Å². The minimum atomic E-state index is -2.50. The number of hydrogen-bond donors (Lipinski definition) is 1. The van der Waals surface area contributed by atoms with Gasteiger partial charge in [-0.25, -0.2) is 0 Å². The van der Waals surface area contributed by atoms with Crippen LogP contribution in [0.3, 0.4) is 0 Å². The van der Waals surface area contributed by atoms with Crippen LogP contribution in [0.15, 0.2) is 53.4 Å². The predicted octanol–water partition coefficient (Wildman–Crippen LogP) is 5.06. The summed E-state index contributed by atoms with van der Waals surface area (Å²) in [7, 11) is 0. The van der Waals surface area contributed by atoms with Crippen LogP contribution in [-0.4, -0.2) is 18.3 Å². The van der Waals surface area contributed by atoms with Gasteiger partial charge >= 0.3 is 0 Å². The molecular formula is C16H14ClF2NO2S. The number of amides is 1. The van der Waals surface area contributed by atoms with Crippen LogP contribution < -0.4 is 10.1 Å². The van der Waals surface area contributed by atoms with Gasteiger partial charge < -0.3 is 10.1 Å². The Morgan fingerprint density at radius 1 is 1.22 bits per heavy atom. The number of ether oxygens (including phenoxy) is 1. The van der Waals surface area contributed by atoms with Crippen LogP contribution in [0.2, 0.25) is 5.02 Å². The number of carbonyl (C=O) groups is 1. The number of anilines is 1. The van der Waals surface area contributed by atoms with Crippen molar-refractivity contribution in [3.63, 3.8) is 0 Å². The molecule has 3 nitrogen and oxygen atoms in total. The molecule has 0 aliphatic rings. The highest BCUT2D eigenvalue weighted by molar-refractivity contribution is 7.99. The van der Waals surface area contributed by atoms with Crippen LogP contribution in [0.25, 0.3) is 0 Å². The van der Waals surface area contributed by atoms with Gasteiger partial charge in [-0.1, -0.05) is 41.6 Å². The molecule has 23 heavy (non-hydrogen) atoms. The van der Waals surface area contributed by atoms with Crippen molar-refractivity contribution in [1.82, 2.24) is 0 Å². The van der Waals surface area contributed by atoms with Crippen LogP contribution in [-0.2, 0) is 4.79 Å². The van der Waals surface area contributed by atoms with E-state index in [1.807, 2.05) is 0 Å². The molecule has 0 aliphatic heterocycles. The van der Waals surface area contributed by atoms with Gasteiger partial charge in [-0.05, 0) is 30.3 Å². The van der Waals surface area contributed by atoms with Gasteiger partial charge in [0, 0.05) is 10.6 Å². The van der Waals surface area contributed by atoms with E-state index < -0.39 is 5.76 Å². The van der Waals surface area contributed by atoms with E-state index in [2.05, 4.69) is 5.32 Å². The molecular weight excluding hydrogens is 344 g/mol. The second kappa shape index (κ2) is 8.74. The minimum Gasteiger partial charge on any atom is -0.491 e. The van der Waals surface area contributed by atoms with Gasteiger partial charge in [0.25, 0.3) is 5.76 Å². The number of hydrogen-bond acceptors (Lipinski definition) is 3. The molecule has 0 saturated heterocycles. The van der Waals surface area contributed by atoms with Crippen LogP contribution in [0.4, 0.5) is 14.5 Å². The fourth-order valence-corrected chi connectivity index (χ4v) is 2.54. The monoisotopic (exact) mass is 357 g/mol. The molecule has 0 bridgehead atoms. The third-order valence-electron chi connectivity index (χ3n) is 2.77. The molecule has 2 aromatic rings. The van der Waals surface area contributed by atoms with Crippen LogP contribution >= 0.6 is 23.4 Å². The summed E-state index contributed by atoms with van der Waals surface area (Å²) in [6.45, 7) is 0.168. The Hall–Kier alpha value is -1.79. The van der Waals surface area contributed by atoms with Crippen molar-refractivity contribution >= 4 is 35.0 Å². The number of halogens is 3. The fraction of sp³-hybridized carbons (Fsp3) is 0.188. The van der Waals surface area contributed by atoms with Crippen molar-refractivity contribution in [2.75, 3.05) is 11.9 Å². The fourth-order valence-electron chi connectivity index (χ4n) is 1.79. The summed E-state index contributed by atoms with van der Waals surface area (Å²) in [6.07, 6.45) is 0.122. The minimum absolute atomic E-state index is 0.122. The highest BCUT2D eigenvalue weighted by Crippen LogP contribution is 2.27. The van der Waals surface area contributed by atoms with Crippen LogP contribution in [0, 0.1) is 0 Å². The largest absolute Gasteiger partial charge is 0.491 e. The van der Waals surface area contributed by atoms with Crippen molar-refractivity contribution in [3.05, 3.63) is 53.6 Å². The molecule has 0 aromatic heterocycles. The van der Waals surface area contributed by atoms with Gasteiger partial charge in [0.1, 0.15) is 5.75 Å². The number of thioether (sulfide) groups is 1. The molecule has 1 N–H and O–H groups in total. The maximum Gasteiger partial charge on any atom is 0.288 e. The molecule has 122 valence electrons. The van der Waals surface area contributed by atoms with Gasteiger partial charge in [0.15, 0.2) is 0 Å². The van der Waals surface area contributed by atoms with Crippen molar-refractivity contribution < 1.29 is 18.3 Å². The smallest absolute Gasteiger partial charge is 0.288 e. The summed E-state index contributed by atoms with van der Waals surface area (Å²) < 4.78 is 30.1. The molecule has 1 amide bonds. The zero-order valence-electron chi connectivity index (χ0n) is 12.0. The summed E-state index contributed by atoms with van der Waals surface area (Å²) in [5.74, 6) is -2.25. The van der Waals surface area contributed by atoms with Crippen molar-refractivity contribution in [3.8, 4) is 5.75 Å². The maximum atomic E-state index is 12.3. The molecule has 0 radical (unpaired) electrons. The molecule has 0 spiro atoms. The highest BCUT2D eigenvalue weighted by atomic mass is 35.5. The number of carbonyl (C=O) groups excluding carboxylic acids is 1. The summed E-state index contributed by atoms with van der Waals surface area (Å²) >= 11 is 6.37. The number of alkyl halides is 2. The number of para-hydroxylation sites is 1. The Bertz CT molecular complexity index is 670. The first kappa shape index (κ1) is 17.6. The van der Waals surface area contributed by atoms with Gasteiger partial charge in [-0.3, -0.25) is 4.79 Å². The van der Waals surface area contributed by atoms with E-state index in [9.17, 15) is 13.6 Å².